The van der Waals surface area contributed by atoms with Gasteiger partial charge in [-0.25, -0.2) is 0 Å². The summed E-state index contributed by atoms with van der Waals surface area (Å²) in [4.78, 5) is 12.8. The van der Waals surface area contributed by atoms with Gasteiger partial charge < -0.3 is 24.3 Å². The Bertz CT molecular complexity index is 696. The molecule has 0 radical (unpaired) electrons. The first kappa shape index (κ1) is 26.7. The van der Waals surface area contributed by atoms with Gasteiger partial charge in [0, 0.05) is 14.2 Å². The van der Waals surface area contributed by atoms with E-state index < -0.39 is 6.10 Å². The molecule has 31 heavy (non-hydrogen) atoms. The lowest BCUT2D eigenvalue weighted by molar-refractivity contribution is -0.126. The fraction of sp³-hybridized carbons (Fsp3) is 0.560. The van der Waals surface area contributed by atoms with Crippen LogP contribution in [0.1, 0.15) is 45.6 Å². The molecule has 0 bridgehead atoms. The van der Waals surface area contributed by atoms with Gasteiger partial charge in [0.25, 0.3) is 0 Å². The van der Waals surface area contributed by atoms with Crippen LogP contribution in [0.2, 0.25) is 0 Å². The molecule has 0 aliphatic heterocycles. The molecule has 0 aliphatic carbocycles. The number of ether oxygens (including phenoxy) is 4. The Balaban J connectivity index is 2.81. The van der Waals surface area contributed by atoms with Gasteiger partial charge in [-0.15, -0.1) is 0 Å². The fourth-order valence-electron chi connectivity index (χ4n) is 3.12. The number of nitrogens with one attached hydrogen (secondary N) is 1. The molecule has 0 unspecified atom stereocenters. The van der Waals surface area contributed by atoms with Crippen molar-refractivity contribution in [3.05, 3.63) is 53.8 Å². The zero-order chi connectivity index (χ0) is 23.2. The Labute approximate surface area is 187 Å². The quantitative estimate of drug-likeness (QED) is 0.243. The van der Waals surface area contributed by atoms with Crippen molar-refractivity contribution in [3.63, 3.8) is 0 Å². The molecule has 1 aromatic rings. The van der Waals surface area contributed by atoms with E-state index in [4.69, 9.17) is 18.9 Å². The molecule has 0 fully saturated rings. The topological polar surface area (TPSA) is 66.0 Å². The maximum absolute atomic E-state index is 12.8. The van der Waals surface area contributed by atoms with Crippen molar-refractivity contribution in [2.24, 2.45) is 11.8 Å². The molecule has 1 aromatic carbocycles. The highest BCUT2D eigenvalue weighted by Crippen LogP contribution is 2.24. The van der Waals surface area contributed by atoms with Crippen LogP contribution in [0.4, 0.5) is 0 Å². The molecule has 1 amide bonds. The van der Waals surface area contributed by atoms with Crippen LogP contribution in [0.25, 0.3) is 0 Å². The molecule has 174 valence electrons. The predicted molar refractivity (Wildman–Crippen MR) is 124 cm³/mol. The normalized spacial score (nSPS) is 13.6. The average molecular weight is 434 g/mol. The number of hydrogen-bond acceptors (Lipinski definition) is 5. The van der Waals surface area contributed by atoms with E-state index in [0.29, 0.717) is 24.7 Å². The summed E-state index contributed by atoms with van der Waals surface area (Å²) in [5, 5.41) is 2.81. The summed E-state index contributed by atoms with van der Waals surface area (Å²) in [6, 6.07) is 7.65. The lowest BCUT2D eigenvalue weighted by atomic mass is 9.91. The lowest BCUT2D eigenvalue weighted by Crippen LogP contribution is -2.35. The van der Waals surface area contributed by atoms with E-state index in [9.17, 15) is 4.79 Å². The van der Waals surface area contributed by atoms with Crippen molar-refractivity contribution < 1.29 is 23.7 Å². The Kier molecular flexibility index (Phi) is 12.6. The van der Waals surface area contributed by atoms with Crippen molar-refractivity contribution >= 4 is 5.91 Å². The lowest BCUT2D eigenvalue weighted by Gasteiger charge is -2.25. The number of carbonyl (C=O) groups excluding carboxylic acids is 1. The standard InChI is InChI=1S/C25H39NO5/c1-18(2)9-8-10-19(3)23(25(27)26-17-28-5)15-24(30-7)20(4)31-16-21-11-13-22(29-6)14-12-21/h10-14,18,23-24H,4,8-9,15-17H2,1-3,5-7H3,(H,26,27)/t23-,24+/m0/s1. The average Bonchev–Trinajstić information content (AvgIpc) is 2.76. The second-order valence-corrected chi connectivity index (χ2v) is 8.01. The second kappa shape index (κ2) is 14.7. The summed E-state index contributed by atoms with van der Waals surface area (Å²) in [5.41, 5.74) is 2.01. The van der Waals surface area contributed by atoms with E-state index in [1.807, 2.05) is 31.2 Å². The Morgan fingerprint density at radius 3 is 2.39 bits per heavy atom. The maximum atomic E-state index is 12.8. The van der Waals surface area contributed by atoms with Crippen LogP contribution in [0, 0.1) is 11.8 Å². The zero-order valence-electron chi connectivity index (χ0n) is 19.9. The van der Waals surface area contributed by atoms with Gasteiger partial charge in [0.1, 0.15) is 31.0 Å². The molecule has 0 aliphatic rings. The van der Waals surface area contributed by atoms with Crippen LogP contribution in [-0.4, -0.2) is 40.1 Å². The summed E-state index contributed by atoms with van der Waals surface area (Å²) >= 11 is 0. The molecular formula is C25H39NO5. The number of rotatable bonds is 15. The maximum Gasteiger partial charge on any atom is 0.229 e. The van der Waals surface area contributed by atoms with Crippen molar-refractivity contribution in [2.45, 2.75) is 52.7 Å². The molecule has 6 heteroatoms. The fourth-order valence-corrected chi connectivity index (χ4v) is 3.12. The first-order chi connectivity index (χ1) is 14.8. The molecule has 0 spiro atoms. The number of amides is 1. The minimum Gasteiger partial charge on any atom is -0.497 e. The predicted octanol–water partition coefficient (Wildman–Crippen LogP) is 4.85. The van der Waals surface area contributed by atoms with Gasteiger partial charge >= 0.3 is 0 Å². The smallest absolute Gasteiger partial charge is 0.229 e. The van der Waals surface area contributed by atoms with Gasteiger partial charge in [-0.2, -0.15) is 0 Å². The minimum atomic E-state index is -0.412. The number of allylic oxidation sites excluding steroid dienone is 1. The van der Waals surface area contributed by atoms with Crippen LogP contribution < -0.4 is 10.1 Å². The molecule has 1 N–H and O–H groups in total. The first-order valence-electron chi connectivity index (χ1n) is 10.7. The number of carbonyl (C=O) groups is 1. The van der Waals surface area contributed by atoms with E-state index in [2.05, 4.69) is 31.8 Å². The van der Waals surface area contributed by atoms with Crippen molar-refractivity contribution in [1.29, 1.82) is 0 Å². The van der Waals surface area contributed by atoms with Gasteiger partial charge in [0.05, 0.1) is 13.0 Å². The van der Waals surface area contributed by atoms with Crippen LogP contribution >= 0.6 is 0 Å². The zero-order valence-corrected chi connectivity index (χ0v) is 19.9. The van der Waals surface area contributed by atoms with Gasteiger partial charge in [0.15, 0.2) is 0 Å². The van der Waals surface area contributed by atoms with Crippen LogP contribution in [0.5, 0.6) is 5.75 Å². The highest BCUT2D eigenvalue weighted by atomic mass is 16.5. The monoisotopic (exact) mass is 433 g/mol. The van der Waals surface area contributed by atoms with Gasteiger partial charge in [0.2, 0.25) is 5.91 Å². The van der Waals surface area contributed by atoms with Gasteiger partial charge in [-0.05, 0) is 49.8 Å². The van der Waals surface area contributed by atoms with E-state index >= 15 is 0 Å². The van der Waals surface area contributed by atoms with Gasteiger partial charge in [-0.1, -0.05) is 44.2 Å². The summed E-state index contributed by atoms with van der Waals surface area (Å²) in [6.45, 7) is 11.0. The molecule has 0 aromatic heterocycles. The summed E-state index contributed by atoms with van der Waals surface area (Å²) in [5.74, 6) is 1.46. The Morgan fingerprint density at radius 1 is 1.16 bits per heavy atom. The van der Waals surface area contributed by atoms with Crippen LogP contribution in [0.3, 0.4) is 0 Å². The SMILES string of the molecule is C=C(OCc1ccc(OC)cc1)[C@@H](C[C@H](C(=O)NCOC)C(C)=CCCC(C)C)OC. The Hall–Kier alpha value is -2.31. The number of methoxy groups -OCH3 is 3. The van der Waals surface area contributed by atoms with Crippen molar-refractivity contribution in [3.8, 4) is 5.75 Å². The highest BCUT2D eigenvalue weighted by Gasteiger charge is 2.26. The Morgan fingerprint density at radius 2 is 1.84 bits per heavy atom. The molecule has 0 heterocycles. The second-order valence-electron chi connectivity index (χ2n) is 8.01. The summed E-state index contributed by atoms with van der Waals surface area (Å²) in [6.07, 6.45) is 4.19. The molecule has 0 saturated heterocycles. The molecule has 0 saturated carbocycles. The first-order valence-corrected chi connectivity index (χ1v) is 10.7. The van der Waals surface area contributed by atoms with Crippen molar-refractivity contribution in [1.82, 2.24) is 5.32 Å². The minimum absolute atomic E-state index is 0.0925. The van der Waals surface area contributed by atoms with Crippen molar-refractivity contribution in [2.75, 3.05) is 28.1 Å². The van der Waals surface area contributed by atoms with E-state index in [-0.39, 0.29) is 18.6 Å². The number of benzene rings is 1. The third-order valence-corrected chi connectivity index (χ3v) is 5.14. The van der Waals surface area contributed by atoms with E-state index in [0.717, 1.165) is 29.7 Å². The van der Waals surface area contributed by atoms with Crippen LogP contribution in [-0.2, 0) is 25.6 Å². The molecule has 1 rings (SSSR count). The highest BCUT2D eigenvalue weighted by molar-refractivity contribution is 5.81. The van der Waals surface area contributed by atoms with Gasteiger partial charge in [-0.3, -0.25) is 4.79 Å². The summed E-state index contributed by atoms with van der Waals surface area (Å²) in [7, 11) is 4.79. The largest absolute Gasteiger partial charge is 0.497 e. The van der Waals surface area contributed by atoms with E-state index in [1.54, 1.807) is 21.3 Å². The molecular weight excluding hydrogens is 394 g/mol. The molecule has 6 nitrogen and oxygen atoms in total. The third kappa shape index (κ3) is 10.0. The third-order valence-electron chi connectivity index (χ3n) is 5.14. The van der Waals surface area contributed by atoms with Crippen LogP contribution in [0.15, 0.2) is 48.3 Å². The van der Waals surface area contributed by atoms with E-state index in [1.165, 1.54) is 0 Å². The number of hydrogen-bond donors (Lipinski definition) is 1. The summed E-state index contributed by atoms with van der Waals surface area (Å²) < 4.78 is 21.7. The molecule has 2 atom stereocenters.